The molecule has 1 amide bonds. The van der Waals surface area contributed by atoms with E-state index in [9.17, 15) is 18.0 Å². The average molecular weight is 457 g/mol. The van der Waals surface area contributed by atoms with Gasteiger partial charge in [0.15, 0.2) is 5.75 Å². The number of carbonyl (C=O) groups is 1. The first kappa shape index (κ1) is 20.9. The third kappa shape index (κ3) is 3.77. The number of hydrogen-bond donors (Lipinski definition) is 1. The molecule has 0 saturated carbocycles. The van der Waals surface area contributed by atoms with Gasteiger partial charge in [-0.15, -0.1) is 0 Å². The lowest BCUT2D eigenvalue weighted by Gasteiger charge is -2.35. The summed E-state index contributed by atoms with van der Waals surface area (Å²) >= 11 is 0. The molecule has 0 radical (unpaired) electrons. The number of aromatic nitrogens is 5. The molecule has 1 aromatic carbocycles. The minimum Gasteiger partial charge on any atom is -0.436 e. The van der Waals surface area contributed by atoms with Gasteiger partial charge in [0.1, 0.15) is 17.7 Å². The molecule has 9 nitrogen and oxygen atoms in total. The third-order valence-corrected chi connectivity index (χ3v) is 5.60. The molecule has 1 aliphatic rings. The highest BCUT2D eigenvalue weighted by Gasteiger charge is 2.36. The van der Waals surface area contributed by atoms with Gasteiger partial charge in [0.25, 0.3) is 0 Å². The van der Waals surface area contributed by atoms with E-state index in [1.807, 2.05) is 4.90 Å². The highest BCUT2D eigenvalue weighted by Crippen LogP contribution is 2.42. The van der Waals surface area contributed by atoms with Crippen LogP contribution in [0.2, 0.25) is 0 Å². The fourth-order valence-corrected chi connectivity index (χ4v) is 3.93. The molecule has 4 heterocycles. The Morgan fingerprint density at radius 3 is 2.58 bits per heavy atom. The van der Waals surface area contributed by atoms with Gasteiger partial charge < -0.3 is 14.5 Å². The standard InChI is InChI=1S/C21H18F3N7O2/c1-12(32)30-6-8-31(9-7-30)19-13-4-5-25-20(17(13)26-11-27-19)33-18-14-10-28-29-16(14)3-2-15(18)21(22,23)24/h2-5,10-11H,6-9H2,1H3,(H,28,29). The SMILES string of the molecule is CC(=O)N1CCN(c2ncnc3c(Oc4c(C(F)(F)F)ccc5[nH]ncc45)nccc23)CC1. The van der Waals surface area contributed by atoms with Crippen molar-refractivity contribution in [3.05, 3.63) is 42.5 Å². The molecule has 0 spiro atoms. The van der Waals surface area contributed by atoms with Gasteiger partial charge >= 0.3 is 6.18 Å². The molecule has 1 fully saturated rings. The molecule has 0 aliphatic carbocycles. The fraction of sp³-hybridized carbons (Fsp3) is 0.286. The van der Waals surface area contributed by atoms with Crippen molar-refractivity contribution in [1.82, 2.24) is 30.0 Å². The lowest BCUT2D eigenvalue weighted by atomic mass is 10.1. The zero-order valence-electron chi connectivity index (χ0n) is 17.4. The van der Waals surface area contributed by atoms with Crippen LogP contribution < -0.4 is 9.64 Å². The van der Waals surface area contributed by atoms with Gasteiger partial charge in [-0.3, -0.25) is 9.89 Å². The maximum atomic E-state index is 13.7. The Balaban J connectivity index is 1.56. The van der Waals surface area contributed by atoms with Crippen molar-refractivity contribution < 1.29 is 22.7 Å². The van der Waals surface area contributed by atoms with E-state index in [-0.39, 0.29) is 22.7 Å². The van der Waals surface area contributed by atoms with E-state index in [1.165, 1.54) is 31.7 Å². The van der Waals surface area contributed by atoms with Crippen molar-refractivity contribution in [3.63, 3.8) is 0 Å². The van der Waals surface area contributed by atoms with Crippen LogP contribution in [0.3, 0.4) is 0 Å². The topological polar surface area (TPSA) is 100 Å². The lowest BCUT2D eigenvalue weighted by Crippen LogP contribution is -2.48. The number of alkyl halides is 3. The molecule has 1 N–H and O–H groups in total. The van der Waals surface area contributed by atoms with Gasteiger partial charge in [0.2, 0.25) is 11.8 Å². The maximum Gasteiger partial charge on any atom is 0.420 e. The van der Waals surface area contributed by atoms with Crippen molar-refractivity contribution >= 4 is 33.5 Å². The highest BCUT2D eigenvalue weighted by molar-refractivity contribution is 5.93. The number of pyridine rings is 1. The van der Waals surface area contributed by atoms with E-state index >= 15 is 0 Å². The van der Waals surface area contributed by atoms with Gasteiger partial charge in [-0.1, -0.05) is 0 Å². The number of benzene rings is 1. The second-order valence-electron chi connectivity index (χ2n) is 7.58. The predicted molar refractivity (Wildman–Crippen MR) is 113 cm³/mol. The molecular formula is C21H18F3N7O2. The van der Waals surface area contributed by atoms with Gasteiger partial charge in [-0.2, -0.15) is 18.3 Å². The highest BCUT2D eigenvalue weighted by atomic mass is 19.4. The summed E-state index contributed by atoms with van der Waals surface area (Å²) < 4.78 is 46.9. The lowest BCUT2D eigenvalue weighted by molar-refractivity contribution is -0.138. The van der Waals surface area contributed by atoms with E-state index in [0.717, 1.165) is 6.07 Å². The molecule has 3 aromatic heterocycles. The molecule has 170 valence electrons. The number of anilines is 1. The number of nitrogens with one attached hydrogen (secondary N) is 1. The Bertz CT molecular complexity index is 1350. The van der Waals surface area contributed by atoms with E-state index in [0.29, 0.717) is 42.9 Å². The molecule has 33 heavy (non-hydrogen) atoms. The van der Waals surface area contributed by atoms with Crippen molar-refractivity contribution in [3.8, 4) is 11.6 Å². The first-order valence-electron chi connectivity index (χ1n) is 10.1. The van der Waals surface area contributed by atoms with E-state index < -0.39 is 17.5 Å². The number of carbonyl (C=O) groups excluding carboxylic acids is 1. The summed E-state index contributed by atoms with van der Waals surface area (Å²) in [5, 5.41) is 7.25. The van der Waals surface area contributed by atoms with Crippen molar-refractivity contribution in [2.24, 2.45) is 0 Å². The van der Waals surface area contributed by atoms with E-state index in [1.54, 1.807) is 11.0 Å². The number of rotatable bonds is 3. The number of nitrogens with zero attached hydrogens (tertiary/aromatic N) is 6. The molecule has 12 heteroatoms. The molecule has 5 rings (SSSR count). The summed E-state index contributed by atoms with van der Waals surface area (Å²) in [5.74, 6) is 0.144. The summed E-state index contributed by atoms with van der Waals surface area (Å²) in [5.41, 5.74) is -0.258. The predicted octanol–water partition coefficient (Wildman–Crippen LogP) is 3.38. The quantitative estimate of drug-likeness (QED) is 0.503. The zero-order chi connectivity index (χ0) is 23.2. The summed E-state index contributed by atoms with van der Waals surface area (Å²) in [6.07, 6.45) is -0.590. The number of ether oxygens (including phenoxy) is 1. The monoisotopic (exact) mass is 457 g/mol. The number of H-pyrrole nitrogens is 1. The van der Waals surface area contributed by atoms with Crippen LogP contribution in [0.1, 0.15) is 12.5 Å². The number of aromatic amines is 1. The van der Waals surface area contributed by atoms with Crippen molar-refractivity contribution in [1.29, 1.82) is 0 Å². The molecule has 4 aromatic rings. The van der Waals surface area contributed by atoms with Gasteiger partial charge in [-0.25, -0.2) is 15.0 Å². The van der Waals surface area contributed by atoms with E-state index in [2.05, 4.69) is 25.1 Å². The number of piperazine rings is 1. The maximum absolute atomic E-state index is 13.7. The largest absolute Gasteiger partial charge is 0.436 e. The summed E-state index contributed by atoms with van der Waals surface area (Å²) in [4.78, 5) is 28.1. The minimum atomic E-state index is -4.64. The van der Waals surface area contributed by atoms with Crippen LogP contribution >= 0.6 is 0 Å². The molecule has 0 atom stereocenters. The smallest absolute Gasteiger partial charge is 0.420 e. The molecular weight excluding hydrogens is 439 g/mol. The molecule has 1 aliphatic heterocycles. The Kier molecular flexibility index (Phi) is 4.99. The van der Waals surface area contributed by atoms with Gasteiger partial charge in [0, 0.05) is 44.7 Å². The second kappa shape index (κ2) is 7.87. The van der Waals surface area contributed by atoms with Crippen LogP contribution in [0.25, 0.3) is 21.8 Å². The first-order valence-corrected chi connectivity index (χ1v) is 10.1. The number of amides is 1. The van der Waals surface area contributed by atoms with Crippen molar-refractivity contribution in [2.75, 3.05) is 31.1 Å². The summed E-state index contributed by atoms with van der Waals surface area (Å²) in [7, 11) is 0. The first-order chi connectivity index (χ1) is 15.8. The number of halogens is 3. The third-order valence-electron chi connectivity index (χ3n) is 5.60. The number of fused-ring (bicyclic) bond motifs is 2. The summed E-state index contributed by atoms with van der Waals surface area (Å²) in [6.45, 7) is 3.76. The molecule has 0 bridgehead atoms. The van der Waals surface area contributed by atoms with Crippen LogP contribution in [0.5, 0.6) is 11.6 Å². The van der Waals surface area contributed by atoms with Crippen LogP contribution in [-0.4, -0.2) is 62.1 Å². The van der Waals surface area contributed by atoms with E-state index in [4.69, 9.17) is 4.74 Å². The Hall–Kier alpha value is -3.96. The Morgan fingerprint density at radius 1 is 1.06 bits per heavy atom. The van der Waals surface area contributed by atoms with Crippen molar-refractivity contribution in [2.45, 2.75) is 13.1 Å². The normalized spacial score (nSPS) is 14.8. The zero-order valence-corrected chi connectivity index (χ0v) is 17.4. The average Bonchev–Trinajstić information content (AvgIpc) is 3.28. The Morgan fingerprint density at radius 2 is 1.85 bits per heavy atom. The second-order valence-corrected chi connectivity index (χ2v) is 7.58. The van der Waals surface area contributed by atoms with Gasteiger partial charge in [-0.05, 0) is 18.2 Å². The Labute approximate surface area is 185 Å². The molecule has 0 unspecified atom stereocenters. The van der Waals surface area contributed by atoms with Crippen LogP contribution in [0.15, 0.2) is 36.9 Å². The minimum absolute atomic E-state index is 0.0102. The molecule has 1 saturated heterocycles. The fourth-order valence-electron chi connectivity index (χ4n) is 3.93. The van der Waals surface area contributed by atoms with Gasteiger partial charge in [0.05, 0.1) is 22.7 Å². The summed E-state index contributed by atoms with van der Waals surface area (Å²) in [6, 6.07) is 3.93. The number of hydrogen-bond acceptors (Lipinski definition) is 7. The van der Waals surface area contributed by atoms with Crippen LogP contribution in [0.4, 0.5) is 19.0 Å². The van der Waals surface area contributed by atoms with Crippen LogP contribution in [0, 0.1) is 0 Å². The van der Waals surface area contributed by atoms with Crippen LogP contribution in [-0.2, 0) is 11.0 Å².